The molecule has 1 aliphatic rings. The molecule has 150 valence electrons. The molecule has 1 N–H and O–H groups in total. The van der Waals surface area contributed by atoms with Crippen molar-refractivity contribution in [3.8, 4) is 11.6 Å². The van der Waals surface area contributed by atoms with Gasteiger partial charge in [0.15, 0.2) is 11.4 Å². The lowest BCUT2D eigenvalue weighted by molar-refractivity contribution is 0.0728. The maximum atomic E-state index is 12.9. The van der Waals surface area contributed by atoms with E-state index in [4.69, 9.17) is 4.42 Å². The number of nitrogens with zero attached hydrogens (tertiary/aromatic N) is 4. The largest absolute Gasteiger partial charge is 0.443 e. The van der Waals surface area contributed by atoms with Gasteiger partial charge in [-0.25, -0.2) is 4.98 Å². The second-order valence-electron chi connectivity index (χ2n) is 7.54. The van der Waals surface area contributed by atoms with Crippen molar-refractivity contribution < 1.29 is 9.21 Å². The Balaban J connectivity index is 1.70. The van der Waals surface area contributed by atoms with Gasteiger partial charge in [-0.15, -0.1) is 10.2 Å². The molecule has 2 aromatic heterocycles. The Morgan fingerprint density at radius 1 is 1.17 bits per heavy atom. The van der Waals surface area contributed by atoms with Gasteiger partial charge in [0.1, 0.15) is 6.26 Å². The standard InChI is InChI=1S/C22H25N5O2/c1-15(2)19-14-29-21(24-19)20-17(12-16-6-4-3-5-7-16)13-18(25-26-20)22(28)27-10-8-23-9-11-27/h3-7,13-15,23H,8-12H2,1-2H3. The van der Waals surface area contributed by atoms with E-state index in [0.29, 0.717) is 36.8 Å². The van der Waals surface area contributed by atoms with Crippen LogP contribution in [0.25, 0.3) is 11.6 Å². The van der Waals surface area contributed by atoms with Crippen molar-refractivity contribution in [3.05, 3.63) is 65.2 Å². The Kier molecular flexibility index (Phi) is 5.67. The molecule has 3 heterocycles. The zero-order valence-electron chi connectivity index (χ0n) is 16.8. The Morgan fingerprint density at radius 2 is 1.93 bits per heavy atom. The third-order valence-corrected chi connectivity index (χ3v) is 5.05. The van der Waals surface area contributed by atoms with E-state index in [9.17, 15) is 4.79 Å². The monoisotopic (exact) mass is 391 g/mol. The van der Waals surface area contributed by atoms with Crippen LogP contribution >= 0.6 is 0 Å². The van der Waals surface area contributed by atoms with E-state index in [2.05, 4.69) is 46.5 Å². The Morgan fingerprint density at radius 3 is 2.62 bits per heavy atom. The zero-order chi connectivity index (χ0) is 20.2. The quantitative estimate of drug-likeness (QED) is 0.720. The van der Waals surface area contributed by atoms with E-state index in [1.807, 2.05) is 29.2 Å². The van der Waals surface area contributed by atoms with Gasteiger partial charge < -0.3 is 14.6 Å². The highest BCUT2D eigenvalue weighted by molar-refractivity contribution is 5.92. The lowest BCUT2D eigenvalue weighted by atomic mass is 10.0. The first-order chi connectivity index (χ1) is 14.1. The Labute approximate surface area is 170 Å². The summed E-state index contributed by atoms with van der Waals surface area (Å²) in [5.74, 6) is 0.607. The second-order valence-corrected chi connectivity index (χ2v) is 7.54. The number of hydrogen-bond acceptors (Lipinski definition) is 6. The topological polar surface area (TPSA) is 84.2 Å². The predicted molar refractivity (Wildman–Crippen MR) is 110 cm³/mol. The summed E-state index contributed by atoms with van der Waals surface area (Å²) in [4.78, 5) is 19.3. The van der Waals surface area contributed by atoms with Gasteiger partial charge in [0.05, 0.1) is 5.69 Å². The molecule has 7 nitrogen and oxygen atoms in total. The first kappa shape index (κ1) is 19.3. The van der Waals surface area contributed by atoms with Crippen molar-refractivity contribution >= 4 is 5.91 Å². The molecule has 0 saturated carbocycles. The molecule has 0 spiro atoms. The number of carbonyl (C=O) groups is 1. The average Bonchev–Trinajstić information content (AvgIpc) is 3.25. The van der Waals surface area contributed by atoms with Gasteiger partial charge in [-0.3, -0.25) is 4.79 Å². The number of hydrogen-bond donors (Lipinski definition) is 1. The summed E-state index contributed by atoms with van der Waals surface area (Å²) >= 11 is 0. The number of rotatable bonds is 5. The second kappa shape index (κ2) is 8.53. The Bertz CT molecular complexity index is 978. The fourth-order valence-corrected chi connectivity index (χ4v) is 3.36. The van der Waals surface area contributed by atoms with E-state index < -0.39 is 0 Å². The molecule has 3 aromatic rings. The van der Waals surface area contributed by atoms with Crippen molar-refractivity contribution in [1.82, 2.24) is 25.4 Å². The number of nitrogens with one attached hydrogen (secondary N) is 1. The first-order valence-electron chi connectivity index (χ1n) is 9.98. The van der Waals surface area contributed by atoms with Crippen LogP contribution in [0.1, 0.15) is 47.1 Å². The number of oxazole rings is 1. The molecule has 1 aliphatic heterocycles. The number of aromatic nitrogens is 3. The highest BCUT2D eigenvalue weighted by Crippen LogP contribution is 2.25. The minimum atomic E-state index is -0.0878. The summed E-state index contributed by atoms with van der Waals surface area (Å²) in [6.45, 7) is 7.06. The van der Waals surface area contributed by atoms with Crippen molar-refractivity contribution in [2.45, 2.75) is 26.2 Å². The van der Waals surface area contributed by atoms with Crippen molar-refractivity contribution in [1.29, 1.82) is 0 Å². The van der Waals surface area contributed by atoms with E-state index in [1.165, 1.54) is 0 Å². The summed E-state index contributed by atoms with van der Waals surface area (Å²) in [6, 6.07) is 11.9. The number of amides is 1. The van der Waals surface area contributed by atoms with Gasteiger partial charge >= 0.3 is 0 Å². The SMILES string of the molecule is CC(C)c1coc(-c2nnc(C(=O)N3CCNCC3)cc2Cc2ccccc2)n1. The minimum Gasteiger partial charge on any atom is -0.443 e. The third kappa shape index (κ3) is 4.35. The molecule has 0 aliphatic carbocycles. The summed E-state index contributed by atoms with van der Waals surface area (Å²) in [5.41, 5.74) is 3.81. The highest BCUT2D eigenvalue weighted by Gasteiger charge is 2.23. The van der Waals surface area contributed by atoms with Crippen molar-refractivity contribution in [2.75, 3.05) is 26.2 Å². The Hall–Kier alpha value is -3.06. The van der Waals surface area contributed by atoms with Crippen LogP contribution in [0, 0.1) is 0 Å². The van der Waals surface area contributed by atoms with E-state index in [1.54, 1.807) is 6.26 Å². The summed E-state index contributed by atoms with van der Waals surface area (Å²) in [5, 5.41) is 11.8. The molecule has 1 saturated heterocycles. The molecule has 0 unspecified atom stereocenters. The molecule has 29 heavy (non-hydrogen) atoms. The van der Waals surface area contributed by atoms with Crippen LogP contribution in [-0.4, -0.2) is 52.2 Å². The molecule has 7 heteroatoms. The molecular weight excluding hydrogens is 366 g/mol. The minimum absolute atomic E-state index is 0.0878. The normalized spacial score (nSPS) is 14.4. The molecule has 4 rings (SSSR count). The lowest BCUT2D eigenvalue weighted by Gasteiger charge is -2.27. The molecule has 0 bridgehead atoms. The van der Waals surface area contributed by atoms with Crippen LogP contribution < -0.4 is 5.32 Å². The molecular formula is C22H25N5O2. The number of benzene rings is 1. The maximum absolute atomic E-state index is 12.9. The fourth-order valence-electron chi connectivity index (χ4n) is 3.36. The summed E-state index contributed by atoms with van der Waals surface area (Å²) in [6.07, 6.45) is 2.28. The first-order valence-corrected chi connectivity index (χ1v) is 9.98. The average molecular weight is 391 g/mol. The predicted octanol–water partition coefficient (Wildman–Crippen LogP) is 2.89. The number of piperazine rings is 1. The molecule has 1 amide bonds. The van der Waals surface area contributed by atoms with Gasteiger partial charge in [-0.2, -0.15) is 0 Å². The van der Waals surface area contributed by atoms with Gasteiger partial charge in [0.25, 0.3) is 5.91 Å². The number of carbonyl (C=O) groups excluding carboxylic acids is 1. The van der Waals surface area contributed by atoms with E-state index in [0.717, 1.165) is 29.9 Å². The molecule has 1 aromatic carbocycles. The highest BCUT2D eigenvalue weighted by atomic mass is 16.3. The fraction of sp³-hybridized carbons (Fsp3) is 0.364. The van der Waals surface area contributed by atoms with Crippen LogP contribution in [0.15, 0.2) is 47.1 Å². The molecule has 0 atom stereocenters. The maximum Gasteiger partial charge on any atom is 0.274 e. The van der Waals surface area contributed by atoms with Crippen LogP contribution in [0.2, 0.25) is 0 Å². The van der Waals surface area contributed by atoms with Crippen LogP contribution in [0.4, 0.5) is 0 Å². The van der Waals surface area contributed by atoms with Crippen molar-refractivity contribution in [3.63, 3.8) is 0 Å². The molecule has 1 fully saturated rings. The van der Waals surface area contributed by atoms with Gasteiger partial charge in [0, 0.05) is 26.2 Å². The van der Waals surface area contributed by atoms with Crippen molar-refractivity contribution in [2.24, 2.45) is 0 Å². The summed E-state index contributed by atoms with van der Waals surface area (Å²) in [7, 11) is 0. The smallest absolute Gasteiger partial charge is 0.274 e. The van der Waals surface area contributed by atoms with Crippen LogP contribution in [0.5, 0.6) is 0 Å². The summed E-state index contributed by atoms with van der Waals surface area (Å²) < 4.78 is 5.69. The van der Waals surface area contributed by atoms with E-state index >= 15 is 0 Å². The van der Waals surface area contributed by atoms with Gasteiger partial charge in [0.2, 0.25) is 5.89 Å². The molecule has 0 radical (unpaired) electrons. The lowest BCUT2D eigenvalue weighted by Crippen LogP contribution is -2.46. The van der Waals surface area contributed by atoms with Crippen LogP contribution in [0.3, 0.4) is 0 Å². The van der Waals surface area contributed by atoms with Gasteiger partial charge in [-0.1, -0.05) is 44.2 Å². The van der Waals surface area contributed by atoms with Crippen LogP contribution in [-0.2, 0) is 6.42 Å². The third-order valence-electron chi connectivity index (χ3n) is 5.05. The zero-order valence-corrected chi connectivity index (χ0v) is 16.8. The van der Waals surface area contributed by atoms with E-state index in [-0.39, 0.29) is 11.8 Å². The van der Waals surface area contributed by atoms with Gasteiger partial charge in [-0.05, 0) is 29.5 Å².